The van der Waals surface area contributed by atoms with Crippen LogP contribution in [0.3, 0.4) is 0 Å². The Balaban J connectivity index is 1.41. The van der Waals surface area contributed by atoms with E-state index in [0.29, 0.717) is 22.2 Å². The molecule has 1 aromatic carbocycles. The minimum absolute atomic E-state index is 0.0689. The van der Waals surface area contributed by atoms with Crippen molar-refractivity contribution < 1.29 is 27.6 Å². The molecule has 0 bridgehead atoms. The van der Waals surface area contributed by atoms with Crippen molar-refractivity contribution in [3.8, 4) is 0 Å². The maximum absolute atomic E-state index is 12.2. The van der Waals surface area contributed by atoms with Crippen molar-refractivity contribution in [1.82, 2.24) is 10.0 Å². The van der Waals surface area contributed by atoms with Crippen LogP contribution in [0.15, 0.2) is 29.6 Å². The molecule has 0 spiro atoms. The molecule has 2 aliphatic heterocycles. The van der Waals surface area contributed by atoms with Gasteiger partial charge in [0, 0.05) is 11.3 Å². The maximum Gasteiger partial charge on any atom is 0.339 e. The zero-order valence-corrected chi connectivity index (χ0v) is 15.6. The summed E-state index contributed by atoms with van der Waals surface area (Å²) in [6.07, 6.45) is 0.304. The van der Waals surface area contributed by atoms with E-state index in [1.807, 2.05) is 0 Å². The fourth-order valence-electron chi connectivity index (χ4n) is 3.11. The van der Waals surface area contributed by atoms with Gasteiger partial charge in [0.2, 0.25) is 0 Å². The van der Waals surface area contributed by atoms with E-state index >= 15 is 0 Å². The summed E-state index contributed by atoms with van der Waals surface area (Å²) >= 11 is 1.29. The summed E-state index contributed by atoms with van der Waals surface area (Å²) in [5.74, 6) is -2.09. The molecule has 1 saturated heterocycles. The maximum atomic E-state index is 12.2. The van der Waals surface area contributed by atoms with Gasteiger partial charge in [-0.25, -0.2) is 18.2 Å². The Morgan fingerprint density at radius 3 is 2.48 bits per heavy atom. The van der Waals surface area contributed by atoms with Crippen molar-refractivity contribution in [2.75, 3.05) is 11.5 Å². The van der Waals surface area contributed by atoms with E-state index in [4.69, 9.17) is 4.84 Å². The first-order chi connectivity index (χ1) is 12.8. The number of hydrogen-bond acceptors (Lipinski definition) is 8. The number of hydroxylamine groups is 2. The van der Waals surface area contributed by atoms with Crippen molar-refractivity contribution in [1.29, 1.82) is 0 Å². The average Bonchev–Trinajstić information content (AvgIpc) is 3.29. The van der Waals surface area contributed by atoms with Crippen LogP contribution in [0, 0.1) is 0 Å². The Morgan fingerprint density at radius 1 is 1.22 bits per heavy atom. The van der Waals surface area contributed by atoms with Gasteiger partial charge in [-0.1, -0.05) is 17.2 Å². The van der Waals surface area contributed by atoms with Crippen LogP contribution in [0.2, 0.25) is 0 Å². The fourth-order valence-corrected chi connectivity index (χ4v) is 5.92. The van der Waals surface area contributed by atoms with Gasteiger partial charge in [0.1, 0.15) is 0 Å². The van der Waals surface area contributed by atoms with Crippen LogP contribution < -0.4 is 0 Å². The van der Waals surface area contributed by atoms with Gasteiger partial charge in [-0.05, 0) is 18.6 Å². The summed E-state index contributed by atoms with van der Waals surface area (Å²) in [5.41, 5.74) is 0.795. The molecule has 1 unspecified atom stereocenters. The largest absolute Gasteiger partial charge is 0.339 e. The number of hydrogen-bond donors (Lipinski definition) is 0. The topological polar surface area (TPSA) is 111 Å². The van der Waals surface area contributed by atoms with Crippen molar-refractivity contribution in [3.05, 3.63) is 51.5 Å². The van der Waals surface area contributed by atoms with E-state index in [1.54, 1.807) is 17.5 Å². The summed E-state index contributed by atoms with van der Waals surface area (Å²) in [7, 11) is -3.02. The predicted molar refractivity (Wildman–Crippen MR) is 94.9 cm³/mol. The summed E-state index contributed by atoms with van der Waals surface area (Å²) < 4.78 is 23.2. The van der Waals surface area contributed by atoms with Crippen molar-refractivity contribution in [2.45, 2.75) is 18.8 Å². The van der Waals surface area contributed by atoms with Crippen LogP contribution in [0.25, 0.3) is 0 Å². The van der Waals surface area contributed by atoms with E-state index in [2.05, 4.69) is 4.98 Å². The molecule has 10 heteroatoms. The molecular formula is C17H14N2O6S2. The number of aromatic nitrogens is 1. The fraction of sp³-hybridized carbons (Fsp3) is 0.294. The molecule has 8 nitrogen and oxygen atoms in total. The molecule has 27 heavy (non-hydrogen) atoms. The Hall–Kier alpha value is -2.59. The van der Waals surface area contributed by atoms with E-state index in [9.17, 15) is 22.8 Å². The first-order valence-corrected chi connectivity index (χ1v) is 10.9. The SMILES string of the molecule is O=C(Cc1csc(C2CCS(=O)(=O)C2)n1)ON1C(=O)c2ccccc2C1=O. The quantitative estimate of drug-likeness (QED) is 0.705. The Kier molecular flexibility index (Phi) is 4.31. The minimum Gasteiger partial charge on any atom is -0.329 e. The van der Waals surface area contributed by atoms with Gasteiger partial charge in [0.25, 0.3) is 11.8 Å². The van der Waals surface area contributed by atoms with Crippen LogP contribution in [-0.2, 0) is 25.9 Å². The van der Waals surface area contributed by atoms with Gasteiger partial charge in [-0.15, -0.1) is 11.3 Å². The van der Waals surface area contributed by atoms with E-state index in [1.165, 1.54) is 23.5 Å². The lowest BCUT2D eigenvalue weighted by atomic mass is 10.1. The molecule has 2 aliphatic rings. The monoisotopic (exact) mass is 406 g/mol. The minimum atomic E-state index is -3.02. The number of rotatable bonds is 4. The number of sulfone groups is 1. The lowest BCUT2D eigenvalue weighted by molar-refractivity contribution is -0.167. The summed E-state index contributed by atoms with van der Waals surface area (Å²) in [6, 6.07) is 6.22. The third-order valence-corrected chi connectivity index (χ3v) is 7.25. The highest BCUT2D eigenvalue weighted by Crippen LogP contribution is 2.31. The molecule has 0 saturated carbocycles. The first-order valence-electron chi connectivity index (χ1n) is 8.17. The highest BCUT2D eigenvalue weighted by molar-refractivity contribution is 7.91. The summed E-state index contributed by atoms with van der Waals surface area (Å²) in [6.45, 7) is 0. The molecule has 1 atom stereocenters. The van der Waals surface area contributed by atoms with Crippen LogP contribution >= 0.6 is 11.3 Å². The molecule has 2 amide bonds. The zero-order chi connectivity index (χ0) is 19.2. The Morgan fingerprint density at radius 2 is 1.89 bits per heavy atom. The predicted octanol–water partition coefficient (Wildman–Crippen LogP) is 1.34. The number of carbonyl (C=O) groups is 3. The van der Waals surface area contributed by atoms with E-state index in [-0.39, 0.29) is 35.0 Å². The molecule has 140 valence electrons. The molecule has 3 heterocycles. The van der Waals surface area contributed by atoms with Gasteiger partial charge in [0.05, 0.1) is 39.8 Å². The molecule has 1 aromatic heterocycles. The van der Waals surface area contributed by atoms with Crippen LogP contribution in [0.1, 0.15) is 43.8 Å². The highest BCUT2D eigenvalue weighted by atomic mass is 32.2. The number of thiazole rings is 1. The summed E-state index contributed by atoms with van der Waals surface area (Å²) in [4.78, 5) is 45.8. The molecule has 2 aromatic rings. The van der Waals surface area contributed by atoms with Gasteiger partial charge < -0.3 is 4.84 Å². The lowest BCUT2D eigenvalue weighted by Crippen LogP contribution is -2.33. The van der Waals surface area contributed by atoms with Crippen molar-refractivity contribution >= 4 is 39.0 Å². The van der Waals surface area contributed by atoms with Gasteiger partial charge >= 0.3 is 5.97 Å². The number of nitrogens with zero attached hydrogens (tertiary/aromatic N) is 2. The standard InChI is InChI=1S/C17H14N2O6S2/c20-14(25-19-16(21)12-3-1-2-4-13(12)17(19)22)7-11-8-26-15(18-11)10-5-6-27(23,24)9-10/h1-4,8,10H,5-7,9H2. The van der Waals surface area contributed by atoms with E-state index in [0.717, 1.165) is 0 Å². The number of amides is 2. The molecule has 0 aliphatic carbocycles. The van der Waals surface area contributed by atoms with Crippen molar-refractivity contribution in [3.63, 3.8) is 0 Å². The second kappa shape index (κ2) is 6.54. The Labute approximate surface area is 158 Å². The van der Waals surface area contributed by atoms with Crippen molar-refractivity contribution in [2.24, 2.45) is 0 Å². The zero-order valence-electron chi connectivity index (χ0n) is 14.0. The number of fused-ring (bicyclic) bond motifs is 1. The van der Waals surface area contributed by atoms with Gasteiger partial charge in [-0.2, -0.15) is 0 Å². The lowest BCUT2D eigenvalue weighted by Gasteiger charge is -2.12. The second-order valence-electron chi connectivity index (χ2n) is 6.37. The Bertz CT molecular complexity index is 1020. The molecule has 0 N–H and O–H groups in total. The number of imide groups is 1. The molecule has 0 radical (unpaired) electrons. The first kappa shape index (κ1) is 17.8. The second-order valence-corrected chi connectivity index (χ2v) is 9.49. The third-order valence-electron chi connectivity index (χ3n) is 4.43. The van der Waals surface area contributed by atoms with E-state index < -0.39 is 27.6 Å². The van der Waals surface area contributed by atoms with Gasteiger partial charge in [-0.3, -0.25) is 9.59 Å². The van der Waals surface area contributed by atoms with Crippen LogP contribution in [0.4, 0.5) is 0 Å². The average molecular weight is 406 g/mol. The highest BCUT2D eigenvalue weighted by Gasteiger charge is 2.38. The molecule has 4 rings (SSSR count). The number of carbonyl (C=O) groups excluding carboxylic acids is 3. The van der Waals surface area contributed by atoms with Gasteiger partial charge in [0.15, 0.2) is 9.84 Å². The summed E-state index contributed by atoms with van der Waals surface area (Å²) in [5, 5.41) is 2.79. The van der Waals surface area contributed by atoms with Crippen LogP contribution in [0.5, 0.6) is 0 Å². The smallest absolute Gasteiger partial charge is 0.329 e. The normalized spacial score (nSPS) is 20.7. The molecular weight excluding hydrogens is 392 g/mol. The van der Waals surface area contributed by atoms with Crippen LogP contribution in [-0.4, -0.2) is 47.8 Å². The third kappa shape index (κ3) is 3.37. The number of benzene rings is 1. The molecule has 1 fully saturated rings.